The monoisotopic (exact) mass is 802 g/mol. The van der Waals surface area contributed by atoms with Crippen LogP contribution in [0.15, 0.2) is 0 Å². The van der Waals surface area contributed by atoms with Crippen molar-refractivity contribution in [3.63, 3.8) is 0 Å². The minimum Gasteiger partial charge on any atom is -0.221 e. The molecule has 0 fully saturated rings. The Bertz CT molecular complexity index is 1180. The van der Waals surface area contributed by atoms with Crippen molar-refractivity contribution >= 4 is 9.84 Å². The number of halogens is 30. The molecular weight excluding hydrogens is 802 g/mol. The van der Waals surface area contributed by atoms with E-state index in [1.807, 2.05) is 0 Å². The molecule has 47 heavy (non-hydrogen) atoms. The highest BCUT2D eigenvalue weighted by Gasteiger charge is 3.03. The topological polar surface area (TPSA) is 34.1 Å². The van der Waals surface area contributed by atoms with E-state index in [0.717, 1.165) is 0 Å². The van der Waals surface area contributed by atoms with E-state index >= 15 is 0 Å². The van der Waals surface area contributed by atoms with Crippen LogP contribution in [0.2, 0.25) is 0 Å². The fraction of sp³-hybridized carbons (Fsp3) is 1.00. The van der Waals surface area contributed by atoms with Gasteiger partial charge in [-0.3, -0.25) is 0 Å². The van der Waals surface area contributed by atoms with E-state index < -0.39 is 91.9 Å². The highest BCUT2D eigenvalue weighted by atomic mass is 32.2. The van der Waals surface area contributed by atoms with Crippen LogP contribution in [0.5, 0.6) is 0 Å². The lowest BCUT2D eigenvalue weighted by Crippen LogP contribution is -2.81. The summed E-state index contributed by atoms with van der Waals surface area (Å²) in [6, 6.07) is 0. The predicted molar refractivity (Wildman–Crippen MR) is 80.4 cm³/mol. The van der Waals surface area contributed by atoms with Crippen LogP contribution in [0.1, 0.15) is 0 Å². The van der Waals surface area contributed by atoms with Gasteiger partial charge < -0.3 is 0 Å². The lowest BCUT2D eigenvalue weighted by molar-refractivity contribution is -0.441. The first-order valence-corrected chi connectivity index (χ1v) is 10.9. The second-order valence-corrected chi connectivity index (χ2v) is 10.4. The average molecular weight is 802 g/mol. The van der Waals surface area contributed by atoms with Gasteiger partial charge in [-0.2, -0.15) is 123 Å². The molecule has 0 rings (SSSR count). The van der Waals surface area contributed by atoms with Gasteiger partial charge in [0.15, 0.2) is 0 Å². The van der Waals surface area contributed by atoms with Crippen LogP contribution in [0, 0.1) is 0 Å². The Balaban J connectivity index is 8.62. The van der Waals surface area contributed by atoms with Gasteiger partial charge in [-0.15, -0.1) is 0 Å². The van der Waals surface area contributed by atoms with Crippen LogP contribution in [-0.2, 0) is 9.84 Å². The van der Waals surface area contributed by atoms with Gasteiger partial charge in [-0.25, -0.2) is 17.2 Å². The first-order chi connectivity index (χ1) is 19.5. The van der Waals surface area contributed by atoms with Gasteiger partial charge in [0.2, 0.25) is 0 Å². The number of alkyl halides is 30. The second kappa shape index (κ2) is 10.4. The Hall–Kier alpha value is -2.15. The molecule has 0 amide bonds. The largest absolute Gasteiger partial charge is 0.460 e. The molecule has 0 bridgehead atoms. The zero-order chi connectivity index (χ0) is 39.5. The summed E-state index contributed by atoms with van der Waals surface area (Å²) in [6.07, 6.45) is -36.3. The Kier molecular flexibility index (Phi) is 9.96. The first-order valence-electron chi connectivity index (χ1n) is 9.41. The van der Waals surface area contributed by atoms with E-state index in [-0.39, 0.29) is 0 Å². The van der Waals surface area contributed by atoms with E-state index in [0.29, 0.717) is 0 Å². The van der Waals surface area contributed by atoms with Crippen LogP contribution in [0.3, 0.4) is 0 Å². The number of sulfone groups is 1. The molecule has 2 nitrogen and oxygen atoms in total. The summed E-state index contributed by atoms with van der Waals surface area (Å²) in [5, 5.41) is -20.9. The number of rotatable bonds is 10. The fourth-order valence-corrected chi connectivity index (χ4v) is 4.67. The summed E-state index contributed by atoms with van der Waals surface area (Å²) in [4.78, 5) is 0. The van der Waals surface area contributed by atoms with Crippen molar-refractivity contribution in [1.82, 2.24) is 0 Å². The molecule has 0 aliphatic carbocycles. The van der Waals surface area contributed by atoms with Crippen molar-refractivity contribution in [1.29, 1.82) is 0 Å². The quantitative estimate of drug-likeness (QED) is 0.207. The Morgan fingerprint density at radius 1 is 0.213 bits per heavy atom. The van der Waals surface area contributed by atoms with Crippen LogP contribution in [0.25, 0.3) is 0 Å². The molecule has 0 aromatic rings. The molecule has 0 aliphatic rings. The van der Waals surface area contributed by atoms with Gasteiger partial charge >= 0.3 is 82.1 Å². The molecule has 0 spiro atoms. The van der Waals surface area contributed by atoms with Crippen molar-refractivity contribution in [3.8, 4) is 0 Å². The zero-order valence-corrected chi connectivity index (χ0v) is 20.4. The summed E-state index contributed by atoms with van der Waals surface area (Å²) < 4.78 is 419. The summed E-state index contributed by atoms with van der Waals surface area (Å²) in [7, 11) is -11.7. The number of hydrogen-bond acceptors (Lipinski definition) is 2. The maximum atomic E-state index is 14.6. The van der Waals surface area contributed by atoms with Gasteiger partial charge in [-0.05, 0) is 0 Å². The predicted octanol–water partition coefficient (Wildman–Crippen LogP) is 9.06. The summed E-state index contributed by atoms with van der Waals surface area (Å²) in [5.74, 6) is -78.0. The molecule has 0 heterocycles. The molecule has 0 aromatic heterocycles. The Morgan fingerprint density at radius 2 is 0.362 bits per heavy atom. The Morgan fingerprint density at radius 3 is 0.489 bits per heavy atom. The lowest BCUT2D eigenvalue weighted by atomic mass is 9.94. The molecule has 33 heteroatoms. The molecular formula is C14F30O2S. The van der Waals surface area contributed by atoms with Crippen molar-refractivity contribution in [2.45, 2.75) is 82.1 Å². The summed E-state index contributed by atoms with van der Waals surface area (Å²) in [5.41, 5.74) is 0. The average Bonchev–Trinajstić information content (AvgIpc) is 2.78. The van der Waals surface area contributed by atoms with Gasteiger partial charge in [0, 0.05) is 0 Å². The maximum Gasteiger partial charge on any atom is 0.460 e. The summed E-state index contributed by atoms with van der Waals surface area (Å²) in [6.45, 7) is 0. The molecule has 0 radical (unpaired) electrons. The van der Waals surface area contributed by atoms with Gasteiger partial charge in [0.05, 0.1) is 0 Å². The van der Waals surface area contributed by atoms with Crippen LogP contribution in [-0.4, -0.2) is 90.5 Å². The second-order valence-electron chi connectivity index (χ2n) is 8.28. The molecule has 0 saturated heterocycles. The van der Waals surface area contributed by atoms with E-state index in [9.17, 15) is 140 Å². The van der Waals surface area contributed by atoms with Crippen molar-refractivity contribution in [3.05, 3.63) is 0 Å². The van der Waals surface area contributed by atoms with E-state index in [4.69, 9.17) is 0 Å². The standard InChI is InChI=1S/C14F30O2S/c15-1(16,3(19,20)7(27,28)11(33,34)35)5(23,24)9(31,13(39,40)41)47(45,46)10(32,14(42,43)44)6(25,26)2(17,18)4(21,22)8(29,30)12(36,37)38. The molecule has 284 valence electrons. The number of hydrogen-bond donors (Lipinski definition) is 0. The van der Waals surface area contributed by atoms with Gasteiger partial charge in [0.1, 0.15) is 0 Å². The third-order valence-corrected chi connectivity index (χ3v) is 7.81. The van der Waals surface area contributed by atoms with Crippen molar-refractivity contribution < 1.29 is 140 Å². The SMILES string of the molecule is O=S(=O)(C(F)(C(F)(F)F)C(F)(F)C(F)(F)C(F)(F)C(F)(F)C(F)(F)F)C(F)(C(F)(F)F)C(F)(F)C(F)(F)C(F)(F)C(F)(F)C(F)(F)F. The molecule has 0 N–H and O–H groups in total. The third-order valence-electron chi connectivity index (χ3n) is 5.36. The molecule has 2 atom stereocenters. The normalized spacial score (nSPS) is 19.4. The molecule has 2 unspecified atom stereocenters. The van der Waals surface area contributed by atoms with Crippen LogP contribution >= 0.6 is 0 Å². The van der Waals surface area contributed by atoms with E-state index in [1.165, 1.54) is 0 Å². The van der Waals surface area contributed by atoms with Crippen LogP contribution < -0.4 is 0 Å². The Labute approximate surface area is 233 Å². The van der Waals surface area contributed by atoms with Crippen molar-refractivity contribution in [2.24, 2.45) is 0 Å². The molecule has 0 aromatic carbocycles. The molecule has 0 aliphatic heterocycles. The highest BCUT2D eigenvalue weighted by Crippen LogP contribution is 2.69. The van der Waals surface area contributed by atoms with Gasteiger partial charge in [0.25, 0.3) is 9.84 Å². The van der Waals surface area contributed by atoms with E-state index in [2.05, 4.69) is 0 Å². The summed E-state index contributed by atoms with van der Waals surface area (Å²) >= 11 is 0. The van der Waals surface area contributed by atoms with Crippen LogP contribution in [0.4, 0.5) is 132 Å². The lowest BCUT2D eigenvalue weighted by Gasteiger charge is -2.47. The minimum absolute atomic E-state index is 8.51. The zero-order valence-electron chi connectivity index (χ0n) is 19.6. The highest BCUT2D eigenvalue weighted by molar-refractivity contribution is 7.94. The third kappa shape index (κ3) is 5.01. The maximum absolute atomic E-state index is 14.6. The van der Waals surface area contributed by atoms with E-state index in [1.54, 1.807) is 0 Å². The molecule has 0 saturated carbocycles. The van der Waals surface area contributed by atoms with Gasteiger partial charge in [-0.1, -0.05) is 0 Å². The minimum atomic E-state index is -11.7. The van der Waals surface area contributed by atoms with Crippen molar-refractivity contribution in [2.75, 3.05) is 0 Å². The first kappa shape index (κ1) is 44.9. The smallest absolute Gasteiger partial charge is 0.221 e. The fourth-order valence-electron chi connectivity index (χ4n) is 2.74.